The molecule has 5 N–H and O–H groups in total. The number of thiocarbonyl (C=S) groups is 1. The van der Waals surface area contributed by atoms with Gasteiger partial charge in [0.1, 0.15) is 0 Å². The average molecular weight is 301 g/mol. The van der Waals surface area contributed by atoms with Crippen molar-refractivity contribution in [3.63, 3.8) is 0 Å². The van der Waals surface area contributed by atoms with Crippen molar-refractivity contribution in [1.29, 1.82) is 0 Å². The van der Waals surface area contributed by atoms with Gasteiger partial charge in [-0.1, -0.05) is 6.08 Å². The molecule has 0 aliphatic heterocycles. The van der Waals surface area contributed by atoms with E-state index in [-0.39, 0.29) is 11.2 Å². The second-order valence-corrected chi connectivity index (χ2v) is 6.11. The second kappa shape index (κ2) is 5.91. The molecule has 5 nitrogen and oxygen atoms in total. The molecule has 1 saturated carbocycles. The van der Waals surface area contributed by atoms with Crippen molar-refractivity contribution in [2.75, 3.05) is 0 Å². The number of aromatic nitrogens is 1. The number of nitrogens with zero attached hydrogens (tertiary/aromatic N) is 2. The molecule has 110 valence electrons. The highest BCUT2D eigenvalue weighted by atomic mass is 32.1. The summed E-state index contributed by atoms with van der Waals surface area (Å²) in [7, 11) is 0. The van der Waals surface area contributed by atoms with Gasteiger partial charge in [-0.2, -0.15) is 5.10 Å². The quantitative estimate of drug-likeness (QED) is 0.446. The van der Waals surface area contributed by atoms with Crippen LogP contribution in [0.1, 0.15) is 30.5 Å². The number of pyridine rings is 1. The monoisotopic (exact) mass is 301 g/mol. The number of nitrogens with two attached hydrogens (primary N) is 2. The molecule has 4 rings (SSSR count). The first kappa shape index (κ1) is 14.2. The van der Waals surface area contributed by atoms with Crippen LogP contribution in [0, 0.1) is 11.8 Å². The van der Waals surface area contributed by atoms with Gasteiger partial charge in [0.05, 0.1) is 11.9 Å². The van der Waals surface area contributed by atoms with Crippen LogP contribution in [0.3, 0.4) is 0 Å². The standard InChI is InChI=1S/C15H19N5S/c16-14-6-9-1-2-12(14)13(5-9)10-3-4-18-11(7-10)8-19-20-15(17)21/h3-5,7-9,12,14H,1-2,6,16H2,(H3,17,20,21)/b19-8+. The largest absolute Gasteiger partial charge is 0.375 e. The van der Waals surface area contributed by atoms with E-state index in [0.29, 0.717) is 11.8 Å². The smallest absolute Gasteiger partial charge is 0.184 e. The Labute approximate surface area is 129 Å². The summed E-state index contributed by atoms with van der Waals surface area (Å²) in [4.78, 5) is 4.28. The molecule has 3 aliphatic carbocycles. The minimum Gasteiger partial charge on any atom is -0.375 e. The van der Waals surface area contributed by atoms with Crippen LogP contribution in [-0.4, -0.2) is 22.4 Å². The maximum atomic E-state index is 6.28. The fourth-order valence-corrected chi connectivity index (χ4v) is 3.38. The van der Waals surface area contributed by atoms with Gasteiger partial charge in [-0.3, -0.25) is 10.4 Å². The maximum Gasteiger partial charge on any atom is 0.184 e. The van der Waals surface area contributed by atoms with Crippen molar-refractivity contribution < 1.29 is 0 Å². The Hall–Kier alpha value is -1.79. The van der Waals surface area contributed by atoms with Crippen molar-refractivity contribution in [3.8, 4) is 0 Å². The molecule has 0 spiro atoms. The Morgan fingerprint density at radius 3 is 3.05 bits per heavy atom. The Balaban J connectivity index is 1.83. The van der Waals surface area contributed by atoms with Crippen LogP contribution in [-0.2, 0) is 0 Å². The van der Waals surface area contributed by atoms with Crippen LogP contribution in [0.25, 0.3) is 5.57 Å². The van der Waals surface area contributed by atoms with E-state index in [1.807, 2.05) is 12.1 Å². The molecular weight excluding hydrogens is 282 g/mol. The molecule has 3 atom stereocenters. The van der Waals surface area contributed by atoms with E-state index >= 15 is 0 Å². The lowest BCUT2D eigenvalue weighted by atomic mass is 9.67. The van der Waals surface area contributed by atoms with E-state index in [1.54, 1.807) is 12.4 Å². The molecule has 1 aromatic rings. The van der Waals surface area contributed by atoms with Gasteiger partial charge < -0.3 is 11.5 Å². The highest BCUT2D eigenvalue weighted by Crippen LogP contribution is 2.44. The minimum atomic E-state index is 0.140. The maximum absolute atomic E-state index is 6.28. The molecule has 0 aromatic carbocycles. The Kier molecular flexibility index (Phi) is 3.98. The van der Waals surface area contributed by atoms with E-state index in [9.17, 15) is 0 Å². The molecule has 1 heterocycles. The zero-order chi connectivity index (χ0) is 14.8. The Morgan fingerprint density at radius 1 is 1.48 bits per heavy atom. The number of allylic oxidation sites excluding steroid dienone is 1. The lowest BCUT2D eigenvalue weighted by Crippen LogP contribution is -2.40. The van der Waals surface area contributed by atoms with E-state index in [2.05, 4.69) is 21.6 Å². The van der Waals surface area contributed by atoms with Crippen molar-refractivity contribution in [3.05, 3.63) is 35.7 Å². The third-order valence-electron chi connectivity index (χ3n) is 4.24. The molecule has 6 heteroatoms. The number of hydrogen-bond donors (Lipinski definition) is 3. The number of hydrogen-bond acceptors (Lipinski definition) is 4. The minimum absolute atomic E-state index is 0.140. The third-order valence-corrected chi connectivity index (χ3v) is 4.33. The molecule has 0 radical (unpaired) electrons. The fraction of sp³-hybridized carbons (Fsp3) is 0.400. The van der Waals surface area contributed by atoms with E-state index in [0.717, 1.165) is 12.1 Å². The van der Waals surface area contributed by atoms with Crippen molar-refractivity contribution in [2.45, 2.75) is 25.3 Å². The van der Waals surface area contributed by atoms with Crippen LogP contribution in [0.5, 0.6) is 0 Å². The molecule has 1 aromatic heterocycles. The first-order valence-electron chi connectivity index (χ1n) is 7.15. The van der Waals surface area contributed by atoms with Gasteiger partial charge in [0.2, 0.25) is 0 Å². The number of rotatable bonds is 3. The number of fused-ring (bicyclic) bond motifs is 2. The van der Waals surface area contributed by atoms with Gasteiger partial charge in [0.25, 0.3) is 0 Å². The summed E-state index contributed by atoms with van der Waals surface area (Å²) >= 11 is 4.70. The van der Waals surface area contributed by atoms with Crippen LogP contribution in [0.2, 0.25) is 0 Å². The summed E-state index contributed by atoms with van der Waals surface area (Å²) in [5, 5.41) is 4.08. The van der Waals surface area contributed by atoms with E-state index in [4.69, 9.17) is 23.7 Å². The third kappa shape index (κ3) is 3.11. The van der Waals surface area contributed by atoms with Crippen LogP contribution >= 0.6 is 12.2 Å². The van der Waals surface area contributed by atoms with Crippen molar-refractivity contribution >= 4 is 29.1 Å². The molecule has 0 amide bonds. The Morgan fingerprint density at radius 2 is 2.33 bits per heavy atom. The second-order valence-electron chi connectivity index (χ2n) is 5.67. The molecule has 0 saturated heterocycles. The summed E-state index contributed by atoms with van der Waals surface area (Å²) in [6.45, 7) is 0. The van der Waals surface area contributed by atoms with Gasteiger partial charge in [-0.05, 0) is 66.6 Å². The lowest BCUT2D eigenvalue weighted by molar-refractivity contribution is 0.296. The van der Waals surface area contributed by atoms with E-state index < -0.39 is 0 Å². The summed E-state index contributed by atoms with van der Waals surface area (Å²) in [5.74, 6) is 1.10. The Bertz CT molecular complexity index is 610. The highest BCUT2D eigenvalue weighted by Gasteiger charge is 2.35. The van der Waals surface area contributed by atoms with Gasteiger partial charge in [0, 0.05) is 12.2 Å². The van der Waals surface area contributed by atoms with Crippen molar-refractivity contribution in [2.24, 2.45) is 28.4 Å². The van der Waals surface area contributed by atoms with Gasteiger partial charge in [-0.15, -0.1) is 0 Å². The molecule has 2 bridgehead atoms. The molecule has 3 aliphatic rings. The zero-order valence-electron chi connectivity index (χ0n) is 11.7. The molecular formula is C15H19N5S. The summed E-state index contributed by atoms with van der Waals surface area (Å²) in [6, 6.07) is 4.35. The molecule has 21 heavy (non-hydrogen) atoms. The van der Waals surface area contributed by atoms with Crippen LogP contribution in [0.15, 0.2) is 29.5 Å². The summed E-state index contributed by atoms with van der Waals surface area (Å²) < 4.78 is 0. The summed E-state index contributed by atoms with van der Waals surface area (Å²) in [6.07, 6.45) is 9.37. The predicted octanol–water partition coefficient (Wildman–Crippen LogP) is 1.39. The first-order valence-corrected chi connectivity index (χ1v) is 7.56. The molecule has 1 fully saturated rings. The number of nitrogens with one attached hydrogen (secondary N) is 1. The normalized spacial score (nSPS) is 27.7. The molecule has 3 unspecified atom stereocenters. The van der Waals surface area contributed by atoms with Gasteiger partial charge in [0.15, 0.2) is 5.11 Å². The fourth-order valence-electron chi connectivity index (χ4n) is 3.33. The average Bonchev–Trinajstić information content (AvgIpc) is 2.47. The van der Waals surface area contributed by atoms with E-state index in [1.165, 1.54) is 24.0 Å². The van der Waals surface area contributed by atoms with Gasteiger partial charge >= 0.3 is 0 Å². The SMILES string of the molecule is NC(=S)N/N=C/c1cc(C2=CC3CCC2C(N)C3)ccn1. The first-order chi connectivity index (χ1) is 10.1. The van der Waals surface area contributed by atoms with Crippen LogP contribution in [0.4, 0.5) is 0 Å². The zero-order valence-corrected chi connectivity index (χ0v) is 12.5. The highest BCUT2D eigenvalue weighted by molar-refractivity contribution is 7.80. The predicted molar refractivity (Wildman–Crippen MR) is 88.5 cm³/mol. The number of hydrazone groups is 1. The lowest BCUT2D eigenvalue weighted by Gasteiger charge is -2.40. The topological polar surface area (TPSA) is 89.3 Å². The van der Waals surface area contributed by atoms with Crippen molar-refractivity contribution in [1.82, 2.24) is 10.4 Å². The summed E-state index contributed by atoms with van der Waals surface area (Å²) in [5.41, 5.74) is 17.5. The van der Waals surface area contributed by atoms with Gasteiger partial charge in [-0.25, -0.2) is 0 Å². The van der Waals surface area contributed by atoms with Crippen LogP contribution < -0.4 is 16.9 Å².